The van der Waals surface area contributed by atoms with E-state index in [0.717, 1.165) is 9.50 Å². The standard InChI is InChI=1S/C25H16BrCl/c26-19-11-14-23-22(15-19)21-13-12-20(27)16-24(21)25(23,17-7-3-1-4-8-17)18-9-5-2-6-10-18/h1-16H. The molecule has 0 N–H and O–H groups in total. The van der Waals surface area contributed by atoms with Gasteiger partial charge in [-0.3, -0.25) is 0 Å². The van der Waals surface area contributed by atoms with Crippen LogP contribution in [0.5, 0.6) is 0 Å². The van der Waals surface area contributed by atoms with Gasteiger partial charge < -0.3 is 0 Å². The maximum absolute atomic E-state index is 6.49. The Morgan fingerprint density at radius 2 is 1.22 bits per heavy atom. The number of rotatable bonds is 2. The van der Waals surface area contributed by atoms with E-state index < -0.39 is 0 Å². The third-order valence-corrected chi connectivity index (χ3v) is 6.20. The highest BCUT2D eigenvalue weighted by molar-refractivity contribution is 9.10. The van der Waals surface area contributed by atoms with Crippen molar-refractivity contribution in [3.63, 3.8) is 0 Å². The molecule has 5 rings (SSSR count). The summed E-state index contributed by atoms with van der Waals surface area (Å²) in [4.78, 5) is 0. The molecule has 0 spiro atoms. The van der Waals surface area contributed by atoms with Gasteiger partial charge in [0.15, 0.2) is 0 Å². The lowest BCUT2D eigenvalue weighted by atomic mass is 9.68. The minimum atomic E-state index is -0.376. The second-order valence-electron chi connectivity index (χ2n) is 6.86. The van der Waals surface area contributed by atoms with Crippen molar-refractivity contribution >= 4 is 27.5 Å². The molecule has 4 aromatic carbocycles. The lowest BCUT2D eigenvalue weighted by Gasteiger charge is -2.33. The van der Waals surface area contributed by atoms with Crippen LogP contribution >= 0.6 is 27.5 Å². The highest BCUT2D eigenvalue weighted by Gasteiger charge is 2.46. The Hall–Kier alpha value is -2.35. The van der Waals surface area contributed by atoms with E-state index in [2.05, 4.69) is 107 Å². The molecular formula is C25H16BrCl. The van der Waals surface area contributed by atoms with Gasteiger partial charge in [-0.25, -0.2) is 0 Å². The van der Waals surface area contributed by atoms with Crippen molar-refractivity contribution in [2.75, 3.05) is 0 Å². The first-order valence-corrected chi connectivity index (χ1v) is 10.1. The molecule has 0 aliphatic heterocycles. The maximum atomic E-state index is 6.49. The second-order valence-corrected chi connectivity index (χ2v) is 8.21. The lowest BCUT2D eigenvalue weighted by molar-refractivity contribution is 0.768. The molecule has 0 nitrogen and oxygen atoms in total. The van der Waals surface area contributed by atoms with Crippen molar-refractivity contribution in [1.29, 1.82) is 0 Å². The SMILES string of the molecule is Clc1ccc2c(c1)C(c1ccccc1)(c1ccccc1)c1ccc(Br)cc1-2. The molecule has 0 aromatic heterocycles. The van der Waals surface area contributed by atoms with Gasteiger partial charge in [0.05, 0.1) is 5.41 Å². The summed E-state index contributed by atoms with van der Waals surface area (Å²) >= 11 is 10.1. The number of fused-ring (bicyclic) bond motifs is 3. The van der Waals surface area contributed by atoms with Crippen LogP contribution in [0.1, 0.15) is 22.3 Å². The van der Waals surface area contributed by atoms with E-state index in [9.17, 15) is 0 Å². The minimum Gasteiger partial charge on any atom is -0.0843 e. The van der Waals surface area contributed by atoms with Crippen molar-refractivity contribution in [3.05, 3.63) is 129 Å². The first-order chi connectivity index (χ1) is 13.2. The zero-order valence-electron chi connectivity index (χ0n) is 14.5. The smallest absolute Gasteiger partial charge is 0.0714 e. The molecule has 0 heterocycles. The van der Waals surface area contributed by atoms with Crippen LogP contribution in [-0.2, 0) is 5.41 Å². The molecular weight excluding hydrogens is 416 g/mol. The zero-order chi connectivity index (χ0) is 18.4. The summed E-state index contributed by atoms with van der Waals surface area (Å²) in [5.74, 6) is 0. The van der Waals surface area contributed by atoms with Crippen LogP contribution in [-0.4, -0.2) is 0 Å². The highest BCUT2D eigenvalue weighted by atomic mass is 79.9. The average molecular weight is 432 g/mol. The summed E-state index contributed by atoms with van der Waals surface area (Å²) in [5.41, 5.74) is 7.15. The van der Waals surface area contributed by atoms with E-state index in [0.29, 0.717) is 0 Å². The van der Waals surface area contributed by atoms with Crippen molar-refractivity contribution in [3.8, 4) is 11.1 Å². The summed E-state index contributed by atoms with van der Waals surface area (Å²) in [6.45, 7) is 0. The summed E-state index contributed by atoms with van der Waals surface area (Å²) < 4.78 is 1.08. The molecule has 0 radical (unpaired) electrons. The Balaban J connectivity index is 1.99. The Bertz CT molecular complexity index is 1090. The fraction of sp³-hybridized carbons (Fsp3) is 0.0400. The normalized spacial score (nSPS) is 13.9. The number of benzene rings is 4. The molecule has 0 unspecified atom stereocenters. The van der Waals surface area contributed by atoms with Crippen LogP contribution < -0.4 is 0 Å². The van der Waals surface area contributed by atoms with Crippen molar-refractivity contribution in [1.82, 2.24) is 0 Å². The molecule has 2 heteroatoms. The van der Waals surface area contributed by atoms with Gasteiger partial charge in [0.1, 0.15) is 0 Å². The van der Waals surface area contributed by atoms with Crippen LogP contribution in [0.15, 0.2) is 102 Å². The predicted molar refractivity (Wildman–Crippen MR) is 116 cm³/mol. The van der Waals surface area contributed by atoms with Gasteiger partial charge in [0.25, 0.3) is 0 Å². The Morgan fingerprint density at radius 1 is 0.593 bits per heavy atom. The topological polar surface area (TPSA) is 0 Å². The Labute approximate surface area is 172 Å². The summed E-state index contributed by atoms with van der Waals surface area (Å²) in [7, 11) is 0. The third kappa shape index (κ3) is 2.42. The van der Waals surface area contributed by atoms with Gasteiger partial charge in [-0.05, 0) is 57.6 Å². The second kappa shape index (κ2) is 6.37. The largest absolute Gasteiger partial charge is 0.0843 e. The summed E-state index contributed by atoms with van der Waals surface area (Å²) in [6, 6.07) is 34.3. The Morgan fingerprint density at radius 3 is 1.85 bits per heavy atom. The first-order valence-electron chi connectivity index (χ1n) is 8.93. The Kier molecular flexibility index (Phi) is 3.96. The molecule has 27 heavy (non-hydrogen) atoms. The van der Waals surface area contributed by atoms with E-state index in [1.807, 2.05) is 6.07 Å². The van der Waals surface area contributed by atoms with Gasteiger partial charge in [0, 0.05) is 9.50 Å². The van der Waals surface area contributed by atoms with E-state index in [1.54, 1.807) is 0 Å². The monoisotopic (exact) mass is 430 g/mol. The van der Waals surface area contributed by atoms with Gasteiger partial charge in [-0.15, -0.1) is 0 Å². The average Bonchev–Trinajstić information content (AvgIpc) is 2.99. The number of hydrogen-bond donors (Lipinski definition) is 0. The van der Waals surface area contributed by atoms with E-state index in [4.69, 9.17) is 11.6 Å². The molecule has 130 valence electrons. The van der Waals surface area contributed by atoms with Crippen LogP contribution in [0, 0.1) is 0 Å². The third-order valence-electron chi connectivity index (χ3n) is 5.48. The predicted octanol–water partition coefficient (Wildman–Crippen LogP) is 7.47. The van der Waals surface area contributed by atoms with Gasteiger partial charge in [-0.2, -0.15) is 0 Å². The first kappa shape index (κ1) is 16.8. The summed E-state index contributed by atoms with van der Waals surface area (Å²) in [5, 5.41) is 0.761. The molecule has 0 atom stereocenters. The number of hydrogen-bond acceptors (Lipinski definition) is 0. The van der Waals surface area contributed by atoms with Crippen molar-refractivity contribution in [2.45, 2.75) is 5.41 Å². The van der Waals surface area contributed by atoms with E-state index in [-0.39, 0.29) is 5.41 Å². The molecule has 0 saturated heterocycles. The number of halogens is 2. The molecule has 0 bridgehead atoms. The molecule has 0 saturated carbocycles. The van der Waals surface area contributed by atoms with Gasteiger partial charge >= 0.3 is 0 Å². The van der Waals surface area contributed by atoms with Crippen LogP contribution in [0.4, 0.5) is 0 Å². The van der Waals surface area contributed by atoms with Crippen LogP contribution in [0.2, 0.25) is 5.02 Å². The molecule has 4 aromatic rings. The molecule has 1 aliphatic rings. The quantitative estimate of drug-likeness (QED) is 0.272. The van der Waals surface area contributed by atoms with Gasteiger partial charge in [-0.1, -0.05) is 100 Å². The van der Waals surface area contributed by atoms with E-state index in [1.165, 1.54) is 33.4 Å². The fourth-order valence-electron chi connectivity index (χ4n) is 4.44. The molecule has 1 aliphatic carbocycles. The van der Waals surface area contributed by atoms with Crippen LogP contribution in [0.25, 0.3) is 11.1 Å². The highest BCUT2D eigenvalue weighted by Crippen LogP contribution is 2.56. The minimum absolute atomic E-state index is 0.376. The van der Waals surface area contributed by atoms with Crippen molar-refractivity contribution in [2.24, 2.45) is 0 Å². The molecule has 0 fully saturated rings. The molecule has 0 amide bonds. The van der Waals surface area contributed by atoms with Gasteiger partial charge in [0.2, 0.25) is 0 Å². The lowest BCUT2D eigenvalue weighted by Crippen LogP contribution is -2.28. The van der Waals surface area contributed by atoms with E-state index >= 15 is 0 Å². The van der Waals surface area contributed by atoms with Crippen molar-refractivity contribution < 1.29 is 0 Å². The fourth-order valence-corrected chi connectivity index (χ4v) is 4.97. The van der Waals surface area contributed by atoms with Crippen LogP contribution in [0.3, 0.4) is 0 Å². The summed E-state index contributed by atoms with van der Waals surface area (Å²) in [6.07, 6.45) is 0. The maximum Gasteiger partial charge on any atom is 0.0714 e. The zero-order valence-corrected chi connectivity index (χ0v) is 16.8.